The third-order valence-electron chi connectivity index (χ3n) is 2.09. The second kappa shape index (κ2) is 3.53. The molecule has 0 radical (unpaired) electrons. The number of rotatable bonds is 2. The van der Waals surface area contributed by atoms with E-state index < -0.39 is 5.91 Å². The molecule has 0 bridgehead atoms. The monoisotopic (exact) mass is 203 g/mol. The van der Waals surface area contributed by atoms with Gasteiger partial charge in [-0.05, 0) is 12.1 Å². The molecule has 0 aliphatic heterocycles. The minimum absolute atomic E-state index is 0.139. The number of aromatic amines is 1. The number of benzene rings is 1. The van der Waals surface area contributed by atoms with Gasteiger partial charge in [-0.3, -0.25) is 14.7 Å². The molecule has 0 fully saturated rings. The molecule has 1 amide bonds. The Hall–Kier alpha value is -2.17. The maximum atomic E-state index is 11.8. The van der Waals surface area contributed by atoms with Crippen LogP contribution in [0.2, 0.25) is 0 Å². The van der Waals surface area contributed by atoms with Crippen LogP contribution in [-0.4, -0.2) is 16.1 Å². The van der Waals surface area contributed by atoms with E-state index in [-0.39, 0.29) is 17.5 Å². The Labute approximate surface area is 84.9 Å². The molecule has 1 heterocycles. The van der Waals surface area contributed by atoms with Crippen LogP contribution in [0.15, 0.2) is 29.1 Å². The predicted octanol–water partition coefficient (Wildman–Crippen LogP) is -0.0491. The van der Waals surface area contributed by atoms with Crippen LogP contribution in [0.5, 0.6) is 0 Å². The van der Waals surface area contributed by atoms with E-state index >= 15 is 0 Å². The first kappa shape index (κ1) is 9.39. The number of nitrogens with zero attached hydrogens (tertiary/aromatic N) is 1. The first-order chi connectivity index (χ1) is 7.18. The Kier molecular flexibility index (Phi) is 2.21. The van der Waals surface area contributed by atoms with Crippen molar-refractivity contribution in [1.82, 2.24) is 10.2 Å². The highest BCUT2D eigenvalue weighted by Gasteiger charge is 2.08. The van der Waals surface area contributed by atoms with Crippen molar-refractivity contribution in [2.24, 2.45) is 5.73 Å². The number of para-hydroxylation sites is 1. The van der Waals surface area contributed by atoms with Crippen molar-refractivity contribution in [3.05, 3.63) is 40.2 Å². The molecule has 0 saturated heterocycles. The normalized spacial score (nSPS) is 10.4. The number of nitrogens with one attached hydrogen (secondary N) is 1. The zero-order chi connectivity index (χ0) is 10.8. The van der Waals surface area contributed by atoms with E-state index in [0.29, 0.717) is 10.9 Å². The van der Waals surface area contributed by atoms with Gasteiger partial charge in [-0.25, -0.2) is 0 Å². The first-order valence-corrected chi connectivity index (χ1v) is 4.43. The summed E-state index contributed by atoms with van der Waals surface area (Å²) in [5.41, 5.74) is 5.56. The third kappa shape index (κ3) is 1.71. The Morgan fingerprint density at radius 3 is 2.87 bits per heavy atom. The van der Waals surface area contributed by atoms with Crippen LogP contribution < -0.4 is 11.2 Å². The number of hydrogen-bond donors (Lipinski definition) is 2. The molecule has 0 atom stereocenters. The minimum atomic E-state index is -0.566. The molecule has 5 heteroatoms. The van der Waals surface area contributed by atoms with E-state index in [0.717, 1.165) is 0 Å². The van der Waals surface area contributed by atoms with Crippen molar-refractivity contribution in [2.75, 3.05) is 0 Å². The molecule has 0 spiro atoms. The molecule has 5 nitrogen and oxygen atoms in total. The van der Waals surface area contributed by atoms with Gasteiger partial charge in [-0.2, -0.15) is 5.10 Å². The van der Waals surface area contributed by atoms with Crippen molar-refractivity contribution in [2.45, 2.75) is 6.42 Å². The fraction of sp³-hybridized carbons (Fsp3) is 0.100. The summed E-state index contributed by atoms with van der Waals surface area (Å²) in [5.74, 6) is -0.566. The summed E-state index contributed by atoms with van der Waals surface area (Å²) in [4.78, 5) is 22.5. The van der Waals surface area contributed by atoms with Crippen molar-refractivity contribution >= 4 is 16.8 Å². The van der Waals surface area contributed by atoms with Crippen LogP contribution in [-0.2, 0) is 11.2 Å². The van der Waals surface area contributed by atoms with Crippen molar-refractivity contribution in [3.8, 4) is 0 Å². The SMILES string of the molecule is NC(=O)Cc1n[nH]c2ccccc2c1=O. The number of carbonyl (C=O) groups is 1. The summed E-state index contributed by atoms with van der Waals surface area (Å²) >= 11 is 0. The van der Waals surface area contributed by atoms with Gasteiger partial charge >= 0.3 is 0 Å². The number of aromatic nitrogens is 2. The van der Waals surface area contributed by atoms with Crippen LogP contribution in [0.4, 0.5) is 0 Å². The molecule has 0 aliphatic carbocycles. The maximum Gasteiger partial charge on any atom is 0.223 e. The van der Waals surface area contributed by atoms with Gasteiger partial charge in [0, 0.05) is 5.39 Å². The van der Waals surface area contributed by atoms with Gasteiger partial charge in [-0.15, -0.1) is 0 Å². The predicted molar refractivity (Wildman–Crippen MR) is 55.3 cm³/mol. The summed E-state index contributed by atoms with van der Waals surface area (Å²) in [6.07, 6.45) is -0.139. The Morgan fingerprint density at radius 2 is 2.13 bits per heavy atom. The molecule has 2 rings (SSSR count). The van der Waals surface area contributed by atoms with Crippen LogP contribution in [0.1, 0.15) is 5.69 Å². The summed E-state index contributed by atoms with van der Waals surface area (Å²) < 4.78 is 0. The topological polar surface area (TPSA) is 88.8 Å². The molecule has 76 valence electrons. The number of hydrogen-bond acceptors (Lipinski definition) is 3. The molecular formula is C10H9N3O2. The van der Waals surface area contributed by atoms with E-state index in [2.05, 4.69) is 10.2 Å². The van der Waals surface area contributed by atoms with Crippen molar-refractivity contribution in [3.63, 3.8) is 0 Å². The van der Waals surface area contributed by atoms with Gasteiger partial charge in [0.15, 0.2) is 0 Å². The standard InChI is InChI=1S/C10H9N3O2/c11-9(14)5-8-10(15)6-3-1-2-4-7(6)12-13-8/h1-4H,5H2,(H2,11,14)(H,12,15). The van der Waals surface area contributed by atoms with E-state index in [9.17, 15) is 9.59 Å². The summed E-state index contributed by atoms with van der Waals surface area (Å²) in [6.45, 7) is 0. The summed E-state index contributed by atoms with van der Waals surface area (Å²) in [7, 11) is 0. The second-order valence-electron chi connectivity index (χ2n) is 3.19. The van der Waals surface area contributed by atoms with Crippen molar-refractivity contribution in [1.29, 1.82) is 0 Å². The number of carbonyl (C=O) groups excluding carboxylic acids is 1. The van der Waals surface area contributed by atoms with Gasteiger partial charge in [0.2, 0.25) is 11.3 Å². The number of H-pyrrole nitrogens is 1. The Bertz CT molecular complexity index is 574. The average molecular weight is 203 g/mol. The van der Waals surface area contributed by atoms with E-state index in [1.165, 1.54) is 0 Å². The molecule has 1 aromatic carbocycles. The third-order valence-corrected chi connectivity index (χ3v) is 2.09. The Morgan fingerprint density at radius 1 is 1.40 bits per heavy atom. The molecule has 0 saturated carbocycles. The fourth-order valence-corrected chi connectivity index (χ4v) is 1.40. The molecule has 3 N–H and O–H groups in total. The highest BCUT2D eigenvalue weighted by atomic mass is 16.1. The second-order valence-corrected chi connectivity index (χ2v) is 3.19. The molecule has 1 aromatic heterocycles. The average Bonchev–Trinajstić information content (AvgIpc) is 2.22. The largest absolute Gasteiger partial charge is 0.369 e. The zero-order valence-electron chi connectivity index (χ0n) is 7.86. The van der Waals surface area contributed by atoms with Gasteiger partial charge in [0.25, 0.3) is 0 Å². The van der Waals surface area contributed by atoms with E-state index in [1.54, 1.807) is 24.3 Å². The van der Waals surface area contributed by atoms with Gasteiger partial charge in [0.05, 0.1) is 11.9 Å². The number of fused-ring (bicyclic) bond motifs is 1. The van der Waals surface area contributed by atoms with E-state index in [4.69, 9.17) is 5.73 Å². The number of primary amides is 1. The molecule has 0 aliphatic rings. The lowest BCUT2D eigenvalue weighted by atomic mass is 10.2. The van der Waals surface area contributed by atoms with Crippen LogP contribution in [0.25, 0.3) is 10.9 Å². The van der Waals surface area contributed by atoms with Gasteiger partial charge < -0.3 is 5.73 Å². The van der Waals surface area contributed by atoms with Gasteiger partial charge in [-0.1, -0.05) is 12.1 Å². The Balaban J connectivity index is 2.65. The van der Waals surface area contributed by atoms with Crippen LogP contribution >= 0.6 is 0 Å². The smallest absolute Gasteiger partial charge is 0.223 e. The highest BCUT2D eigenvalue weighted by molar-refractivity contribution is 5.80. The molecular weight excluding hydrogens is 194 g/mol. The lowest BCUT2D eigenvalue weighted by Gasteiger charge is -1.99. The maximum absolute atomic E-state index is 11.8. The van der Waals surface area contributed by atoms with Crippen LogP contribution in [0, 0.1) is 0 Å². The highest BCUT2D eigenvalue weighted by Crippen LogP contribution is 2.04. The zero-order valence-corrected chi connectivity index (χ0v) is 7.86. The van der Waals surface area contributed by atoms with Crippen LogP contribution in [0.3, 0.4) is 0 Å². The van der Waals surface area contributed by atoms with E-state index in [1.807, 2.05) is 0 Å². The molecule has 2 aromatic rings. The minimum Gasteiger partial charge on any atom is -0.369 e. The number of amides is 1. The lowest BCUT2D eigenvalue weighted by molar-refractivity contribution is -0.117. The lowest BCUT2D eigenvalue weighted by Crippen LogP contribution is -2.22. The number of nitrogens with two attached hydrogens (primary N) is 1. The summed E-state index contributed by atoms with van der Waals surface area (Å²) in [6, 6.07) is 6.98. The summed E-state index contributed by atoms with van der Waals surface area (Å²) in [5, 5.41) is 7.03. The fourth-order valence-electron chi connectivity index (χ4n) is 1.40. The quantitative estimate of drug-likeness (QED) is 0.717. The molecule has 15 heavy (non-hydrogen) atoms. The first-order valence-electron chi connectivity index (χ1n) is 4.43. The van der Waals surface area contributed by atoms with Gasteiger partial charge in [0.1, 0.15) is 5.69 Å². The van der Waals surface area contributed by atoms with Crippen molar-refractivity contribution < 1.29 is 4.79 Å². The molecule has 0 unspecified atom stereocenters.